The minimum absolute atomic E-state index is 0.178. The Bertz CT molecular complexity index is 290. The van der Waals surface area contributed by atoms with Gasteiger partial charge < -0.3 is 9.26 Å². The van der Waals surface area contributed by atoms with E-state index in [0.29, 0.717) is 18.3 Å². The van der Waals surface area contributed by atoms with Crippen LogP contribution >= 0.6 is 0 Å². The average Bonchev–Trinajstić information content (AvgIpc) is 2.54. The number of aryl methyl sites for hydroxylation is 1. The van der Waals surface area contributed by atoms with Crippen LogP contribution in [0.5, 0.6) is 0 Å². The number of nitriles is 1. The molecule has 0 N–H and O–H groups in total. The van der Waals surface area contributed by atoms with Crippen molar-refractivity contribution in [2.24, 2.45) is 0 Å². The lowest BCUT2D eigenvalue weighted by atomic mass is 10.3. The van der Waals surface area contributed by atoms with E-state index in [1.165, 1.54) is 0 Å². The van der Waals surface area contributed by atoms with Gasteiger partial charge in [0, 0.05) is 20.1 Å². The quantitative estimate of drug-likeness (QED) is 0.625. The first-order valence-electron chi connectivity index (χ1n) is 4.04. The van der Waals surface area contributed by atoms with Crippen molar-refractivity contribution in [2.75, 3.05) is 13.7 Å². The fraction of sp³-hybridized carbons (Fsp3) is 0.625. The molecule has 0 radical (unpaired) electrons. The lowest BCUT2D eigenvalue weighted by Gasteiger charge is -1.92. The van der Waals surface area contributed by atoms with Gasteiger partial charge in [0.1, 0.15) is 6.42 Å². The zero-order chi connectivity index (χ0) is 9.52. The summed E-state index contributed by atoms with van der Waals surface area (Å²) in [5, 5.41) is 12.1. The van der Waals surface area contributed by atoms with E-state index in [-0.39, 0.29) is 6.42 Å². The number of ether oxygens (including phenoxy) is 1. The van der Waals surface area contributed by atoms with E-state index in [0.717, 1.165) is 12.8 Å². The number of hydrogen-bond donors (Lipinski definition) is 0. The average molecular weight is 181 g/mol. The monoisotopic (exact) mass is 181 g/mol. The SMILES string of the molecule is COCCCc1noc(CC#N)n1. The van der Waals surface area contributed by atoms with Crippen LogP contribution in [-0.2, 0) is 17.6 Å². The van der Waals surface area contributed by atoms with Gasteiger partial charge in [0.25, 0.3) is 0 Å². The van der Waals surface area contributed by atoms with Crippen molar-refractivity contribution in [3.8, 4) is 6.07 Å². The zero-order valence-electron chi connectivity index (χ0n) is 7.49. The molecule has 1 aromatic heterocycles. The molecular formula is C8H11N3O2. The van der Waals surface area contributed by atoms with E-state index < -0.39 is 0 Å². The number of aromatic nitrogens is 2. The largest absolute Gasteiger partial charge is 0.385 e. The highest BCUT2D eigenvalue weighted by molar-refractivity contribution is 4.92. The van der Waals surface area contributed by atoms with Crippen molar-refractivity contribution < 1.29 is 9.26 Å². The molecule has 70 valence electrons. The fourth-order valence-electron chi connectivity index (χ4n) is 0.906. The molecule has 0 atom stereocenters. The van der Waals surface area contributed by atoms with Gasteiger partial charge in [-0.25, -0.2) is 0 Å². The molecule has 0 unspecified atom stereocenters. The summed E-state index contributed by atoms with van der Waals surface area (Å²) in [5.41, 5.74) is 0. The van der Waals surface area contributed by atoms with E-state index in [1.54, 1.807) is 7.11 Å². The third-order valence-corrected chi connectivity index (χ3v) is 1.49. The number of rotatable bonds is 5. The van der Waals surface area contributed by atoms with E-state index >= 15 is 0 Å². The van der Waals surface area contributed by atoms with E-state index in [4.69, 9.17) is 14.5 Å². The molecule has 1 rings (SSSR count). The van der Waals surface area contributed by atoms with Gasteiger partial charge in [-0.15, -0.1) is 0 Å². The Hall–Kier alpha value is -1.41. The first-order valence-corrected chi connectivity index (χ1v) is 4.04. The summed E-state index contributed by atoms with van der Waals surface area (Å²) in [6.07, 6.45) is 1.77. The molecule has 0 spiro atoms. The maximum absolute atomic E-state index is 8.35. The Morgan fingerprint density at radius 3 is 3.15 bits per heavy atom. The van der Waals surface area contributed by atoms with Gasteiger partial charge in [0.2, 0.25) is 5.89 Å². The van der Waals surface area contributed by atoms with E-state index in [2.05, 4.69) is 10.1 Å². The Balaban J connectivity index is 2.36. The molecule has 0 aliphatic carbocycles. The van der Waals surface area contributed by atoms with Gasteiger partial charge in [-0.2, -0.15) is 10.2 Å². The summed E-state index contributed by atoms with van der Waals surface area (Å²) in [6.45, 7) is 0.683. The van der Waals surface area contributed by atoms with Crippen molar-refractivity contribution in [2.45, 2.75) is 19.3 Å². The maximum Gasteiger partial charge on any atom is 0.240 e. The minimum atomic E-state index is 0.178. The summed E-state index contributed by atoms with van der Waals surface area (Å²) in [4.78, 5) is 4.02. The molecule has 0 aliphatic heterocycles. The molecule has 1 aromatic rings. The van der Waals surface area contributed by atoms with Gasteiger partial charge in [-0.3, -0.25) is 0 Å². The first kappa shape index (κ1) is 9.68. The van der Waals surface area contributed by atoms with E-state index in [9.17, 15) is 0 Å². The molecule has 0 amide bonds. The Morgan fingerprint density at radius 2 is 2.46 bits per heavy atom. The molecular weight excluding hydrogens is 170 g/mol. The molecule has 0 saturated carbocycles. The van der Waals surface area contributed by atoms with Crippen LogP contribution in [0.3, 0.4) is 0 Å². The third kappa shape index (κ3) is 3.22. The van der Waals surface area contributed by atoms with Crippen molar-refractivity contribution in [3.63, 3.8) is 0 Å². The predicted octanol–water partition coefficient (Wildman–Crippen LogP) is 0.715. The molecule has 1 heterocycles. The van der Waals surface area contributed by atoms with Crippen LogP contribution in [0.1, 0.15) is 18.1 Å². The smallest absolute Gasteiger partial charge is 0.240 e. The van der Waals surface area contributed by atoms with Crippen molar-refractivity contribution in [1.82, 2.24) is 10.1 Å². The zero-order valence-corrected chi connectivity index (χ0v) is 7.49. The summed E-state index contributed by atoms with van der Waals surface area (Å²) in [7, 11) is 1.65. The second kappa shape index (κ2) is 5.27. The summed E-state index contributed by atoms with van der Waals surface area (Å²) in [5.74, 6) is 1.03. The molecule has 0 fully saturated rings. The molecule has 0 bridgehead atoms. The number of methoxy groups -OCH3 is 1. The highest BCUT2D eigenvalue weighted by Gasteiger charge is 2.04. The second-order valence-electron chi connectivity index (χ2n) is 2.54. The predicted molar refractivity (Wildman–Crippen MR) is 43.8 cm³/mol. The van der Waals surface area contributed by atoms with Crippen LogP contribution in [0.15, 0.2) is 4.52 Å². The lowest BCUT2D eigenvalue weighted by molar-refractivity contribution is 0.194. The Kier molecular flexibility index (Phi) is 3.93. The fourth-order valence-corrected chi connectivity index (χ4v) is 0.906. The van der Waals surface area contributed by atoms with Crippen molar-refractivity contribution in [3.05, 3.63) is 11.7 Å². The Morgan fingerprint density at radius 1 is 1.62 bits per heavy atom. The van der Waals surface area contributed by atoms with Crippen molar-refractivity contribution in [1.29, 1.82) is 5.26 Å². The third-order valence-electron chi connectivity index (χ3n) is 1.49. The first-order chi connectivity index (χ1) is 6.36. The highest BCUT2D eigenvalue weighted by Crippen LogP contribution is 2.00. The van der Waals surface area contributed by atoms with Crippen LogP contribution in [-0.4, -0.2) is 23.9 Å². The lowest BCUT2D eigenvalue weighted by Crippen LogP contribution is -1.94. The van der Waals surface area contributed by atoms with Gasteiger partial charge >= 0.3 is 0 Å². The summed E-state index contributed by atoms with van der Waals surface area (Å²) >= 11 is 0. The number of nitrogens with zero attached hydrogens (tertiary/aromatic N) is 3. The molecule has 5 heteroatoms. The van der Waals surface area contributed by atoms with Crippen LogP contribution < -0.4 is 0 Å². The Labute approximate surface area is 76.3 Å². The maximum atomic E-state index is 8.35. The molecule has 0 aromatic carbocycles. The molecule has 13 heavy (non-hydrogen) atoms. The second-order valence-corrected chi connectivity index (χ2v) is 2.54. The summed E-state index contributed by atoms with van der Waals surface area (Å²) < 4.78 is 9.69. The van der Waals surface area contributed by atoms with Gasteiger partial charge in [0.15, 0.2) is 5.82 Å². The standard InChI is InChI=1S/C8H11N3O2/c1-12-6-2-3-7-10-8(4-5-9)13-11-7/h2-4,6H2,1H3. The van der Waals surface area contributed by atoms with Gasteiger partial charge in [0.05, 0.1) is 6.07 Å². The van der Waals surface area contributed by atoms with Crippen molar-refractivity contribution >= 4 is 0 Å². The van der Waals surface area contributed by atoms with E-state index in [1.807, 2.05) is 6.07 Å². The van der Waals surface area contributed by atoms with Crippen LogP contribution in [0.25, 0.3) is 0 Å². The van der Waals surface area contributed by atoms with Crippen LogP contribution in [0.2, 0.25) is 0 Å². The van der Waals surface area contributed by atoms with Gasteiger partial charge in [-0.1, -0.05) is 5.16 Å². The highest BCUT2D eigenvalue weighted by atomic mass is 16.5. The topological polar surface area (TPSA) is 71.9 Å². The summed E-state index contributed by atoms with van der Waals surface area (Å²) in [6, 6.07) is 1.94. The van der Waals surface area contributed by atoms with Gasteiger partial charge in [-0.05, 0) is 6.42 Å². The van der Waals surface area contributed by atoms with Crippen LogP contribution in [0.4, 0.5) is 0 Å². The molecule has 5 nitrogen and oxygen atoms in total. The number of hydrogen-bond acceptors (Lipinski definition) is 5. The normalized spacial score (nSPS) is 9.85. The minimum Gasteiger partial charge on any atom is -0.385 e. The molecule has 0 saturated heterocycles. The molecule has 0 aliphatic rings. The van der Waals surface area contributed by atoms with Crippen LogP contribution in [0, 0.1) is 11.3 Å².